The zero-order valence-electron chi connectivity index (χ0n) is 13.8. The molecule has 3 aromatic rings. The highest BCUT2D eigenvalue weighted by atomic mass is 35.5. The number of hydrogen-bond acceptors (Lipinski definition) is 4. The lowest BCUT2D eigenvalue weighted by Crippen LogP contribution is -2.13. The van der Waals surface area contributed by atoms with Gasteiger partial charge >= 0.3 is 0 Å². The Balaban J connectivity index is 1.78. The third-order valence-electron chi connectivity index (χ3n) is 3.82. The van der Waals surface area contributed by atoms with Crippen LogP contribution in [-0.2, 0) is 23.1 Å². The minimum Gasteiger partial charge on any atom is -0.276 e. The maximum Gasteiger partial charge on any atom is 0.265 e. The largest absolute Gasteiger partial charge is 0.276 e. The molecule has 1 N–H and O–H groups in total. The van der Waals surface area contributed by atoms with Crippen LogP contribution in [0.15, 0.2) is 47.8 Å². The monoisotopic (exact) mass is 379 g/mol. The molecule has 0 atom stereocenters. The van der Waals surface area contributed by atoms with Crippen LogP contribution in [0.1, 0.15) is 18.2 Å². The zero-order chi connectivity index (χ0) is 18.0. The molecule has 2 aromatic heterocycles. The Kier molecular flexibility index (Phi) is 4.82. The number of anilines is 1. The highest BCUT2D eigenvalue weighted by Gasteiger charge is 2.21. The highest BCUT2D eigenvalue weighted by molar-refractivity contribution is 7.92. The van der Waals surface area contributed by atoms with E-state index in [1.54, 1.807) is 28.6 Å². The normalized spacial score (nSPS) is 11.6. The van der Waals surface area contributed by atoms with Gasteiger partial charge in [-0.2, -0.15) is 10.2 Å². The smallest absolute Gasteiger partial charge is 0.265 e. The summed E-state index contributed by atoms with van der Waals surface area (Å²) >= 11 is 6.14. The Labute approximate surface area is 151 Å². The summed E-state index contributed by atoms with van der Waals surface area (Å²) in [5.41, 5.74) is 1.89. The number of hydrogen-bond donors (Lipinski definition) is 1. The molecule has 0 saturated carbocycles. The quantitative estimate of drug-likeness (QED) is 0.713. The molecule has 1 aromatic carbocycles. The number of aryl methyl sites for hydroxylation is 1. The number of rotatable bonds is 6. The van der Waals surface area contributed by atoms with E-state index >= 15 is 0 Å². The van der Waals surface area contributed by atoms with Crippen molar-refractivity contribution in [2.24, 2.45) is 0 Å². The van der Waals surface area contributed by atoms with Gasteiger partial charge in [-0.3, -0.25) is 14.1 Å². The van der Waals surface area contributed by atoms with Gasteiger partial charge in [0.15, 0.2) is 0 Å². The second-order valence-corrected chi connectivity index (χ2v) is 7.59. The summed E-state index contributed by atoms with van der Waals surface area (Å²) in [7, 11) is -3.71. The number of nitrogens with zero attached hydrogens (tertiary/aromatic N) is 4. The van der Waals surface area contributed by atoms with Crippen molar-refractivity contribution in [3.8, 4) is 0 Å². The van der Waals surface area contributed by atoms with Crippen LogP contribution in [0, 0.1) is 6.92 Å². The van der Waals surface area contributed by atoms with Crippen molar-refractivity contribution in [1.29, 1.82) is 0 Å². The fraction of sp³-hybridized carbons (Fsp3) is 0.250. The van der Waals surface area contributed by atoms with Crippen molar-refractivity contribution in [2.45, 2.75) is 31.8 Å². The summed E-state index contributed by atoms with van der Waals surface area (Å²) in [5, 5.41) is 8.90. The highest BCUT2D eigenvalue weighted by Crippen LogP contribution is 2.20. The lowest BCUT2D eigenvalue weighted by molar-refractivity contribution is 0.598. The number of benzene rings is 1. The van der Waals surface area contributed by atoms with Crippen molar-refractivity contribution in [3.63, 3.8) is 0 Å². The van der Waals surface area contributed by atoms with Crippen LogP contribution in [0.4, 0.5) is 5.69 Å². The van der Waals surface area contributed by atoms with Gasteiger partial charge in [-0.25, -0.2) is 8.42 Å². The first-order chi connectivity index (χ1) is 11.9. The van der Waals surface area contributed by atoms with Gasteiger partial charge in [0.05, 0.1) is 30.3 Å². The maximum atomic E-state index is 12.6. The van der Waals surface area contributed by atoms with Crippen LogP contribution in [0.2, 0.25) is 5.02 Å². The molecule has 0 fully saturated rings. The van der Waals surface area contributed by atoms with Gasteiger partial charge in [0.25, 0.3) is 10.0 Å². The van der Waals surface area contributed by atoms with E-state index in [1.807, 2.05) is 25.1 Å². The van der Waals surface area contributed by atoms with Gasteiger partial charge < -0.3 is 0 Å². The van der Waals surface area contributed by atoms with Crippen LogP contribution in [0.5, 0.6) is 0 Å². The third kappa shape index (κ3) is 3.69. The SMILES string of the molecule is CCn1ncc(S(=O)(=O)Nc2cnn(Cc3ccccc3Cl)c2)c1C. The van der Waals surface area contributed by atoms with Crippen molar-refractivity contribution >= 4 is 27.3 Å². The van der Waals surface area contributed by atoms with E-state index in [-0.39, 0.29) is 4.90 Å². The lowest BCUT2D eigenvalue weighted by atomic mass is 10.2. The molecule has 0 bridgehead atoms. The van der Waals surface area contributed by atoms with E-state index in [1.165, 1.54) is 12.4 Å². The van der Waals surface area contributed by atoms with Crippen LogP contribution in [-0.4, -0.2) is 28.0 Å². The predicted octanol–water partition coefficient (Wildman–Crippen LogP) is 2.91. The number of nitrogens with one attached hydrogen (secondary N) is 1. The van der Waals surface area contributed by atoms with Crippen LogP contribution < -0.4 is 4.72 Å². The molecule has 7 nitrogen and oxygen atoms in total. The van der Waals surface area contributed by atoms with E-state index in [0.717, 1.165) is 5.56 Å². The summed E-state index contributed by atoms with van der Waals surface area (Å²) in [5.74, 6) is 0. The standard InChI is InChI=1S/C16H18ClN5O2S/c1-3-22-12(2)16(9-19-22)25(23,24)20-14-8-18-21(11-14)10-13-6-4-5-7-15(13)17/h4-9,11,20H,3,10H2,1-2H3. The predicted molar refractivity (Wildman–Crippen MR) is 96.2 cm³/mol. The molecule has 0 aliphatic heterocycles. The Bertz CT molecular complexity index is 994. The van der Waals surface area contributed by atoms with Crippen molar-refractivity contribution in [3.05, 3.63) is 59.1 Å². The first-order valence-corrected chi connectivity index (χ1v) is 9.58. The molecule has 9 heteroatoms. The number of aromatic nitrogens is 4. The Morgan fingerprint density at radius 1 is 1.20 bits per heavy atom. The lowest BCUT2D eigenvalue weighted by Gasteiger charge is -2.06. The fourth-order valence-electron chi connectivity index (χ4n) is 2.53. The topological polar surface area (TPSA) is 81.8 Å². The van der Waals surface area contributed by atoms with E-state index in [9.17, 15) is 8.42 Å². The van der Waals surface area contributed by atoms with Gasteiger partial charge in [0.1, 0.15) is 4.90 Å². The molecule has 0 amide bonds. The molecular formula is C16H18ClN5O2S. The molecule has 25 heavy (non-hydrogen) atoms. The van der Waals surface area contributed by atoms with E-state index in [2.05, 4.69) is 14.9 Å². The fourth-order valence-corrected chi connectivity index (χ4v) is 3.93. The first-order valence-electron chi connectivity index (χ1n) is 7.72. The Morgan fingerprint density at radius 3 is 2.64 bits per heavy atom. The van der Waals surface area contributed by atoms with E-state index in [0.29, 0.717) is 29.5 Å². The summed E-state index contributed by atoms with van der Waals surface area (Å²) < 4.78 is 30.9. The van der Waals surface area contributed by atoms with Gasteiger partial charge in [-0.05, 0) is 25.5 Å². The molecule has 0 aliphatic rings. The molecule has 0 radical (unpaired) electrons. The third-order valence-corrected chi connectivity index (χ3v) is 5.68. The second-order valence-electron chi connectivity index (χ2n) is 5.53. The van der Waals surface area contributed by atoms with Crippen LogP contribution >= 0.6 is 11.6 Å². The van der Waals surface area contributed by atoms with Gasteiger partial charge in [-0.1, -0.05) is 29.8 Å². The number of halogens is 1. The minimum atomic E-state index is -3.71. The van der Waals surface area contributed by atoms with Crippen LogP contribution in [0.3, 0.4) is 0 Å². The molecule has 0 unspecified atom stereocenters. The van der Waals surface area contributed by atoms with Crippen molar-refractivity contribution < 1.29 is 8.42 Å². The van der Waals surface area contributed by atoms with Gasteiger partial charge in [0, 0.05) is 17.8 Å². The molecular weight excluding hydrogens is 362 g/mol. The summed E-state index contributed by atoms with van der Waals surface area (Å²) in [6.45, 7) is 4.69. The van der Waals surface area contributed by atoms with Gasteiger partial charge in [0.2, 0.25) is 0 Å². The second kappa shape index (κ2) is 6.89. The van der Waals surface area contributed by atoms with Crippen molar-refractivity contribution in [2.75, 3.05) is 4.72 Å². The Hall–Kier alpha value is -2.32. The van der Waals surface area contributed by atoms with E-state index < -0.39 is 10.0 Å². The minimum absolute atomic E-state index is 0.160. The first kappa shape index (κ1) is 17.5. The molecule has 3 rings (SSSR count). The number of sulfonamides is 1. The summed E-state index contributed by atoms with van der Waals surface area (Å²) in [4.78, 5) is 0.160. The van der Waals surface area contributed by atoms with Gasteiger partial charge in [-0.15, -0.1) is 0 Å². The molecule has 0 aliphatic carbocycles. The molecule has 0 spiro atoms. The average Bonchev–Trinajstić information content (AvgIpc) is 3.15. The molecule has 132 valence electrons. The van der Waals surface area contributed by atoms with Crippen molar-refractivity contribution in [1.82, 2.24) is 19.6 Å². The molecule has 0 saturated heterocycles. The average molecular weight is 380 g/mol. The van der Waals surface area contributed by atoms with E-state index in [4.69, 9.17) is 11.6 Å². The molecule has 2 heterocycles. The summed E-state index contributed by atoms with van der Waals surface area (Å²) in [6.07, 6.45) is 4.45. The van der Waals surface area contributed by atoms with Crippen LogP contribution in [0.25, 0.3) is 0 Å². The summed E-state index contributed by atoms with van der Waals surface area (Å²) in [6, 6.07) is 7.45. The maximum absolute atomic E-state index is 12.6. The zero-order valence-corrected chi connectivity index (χ0v) is 15.4. The Morgan fingerprint density at radius 2 is 1.96 bits per heavy atom.